The van der Waals surface area contributed by atoms with Gasteiger partial charge in [-0.3, -0.25) is 0 Å². The first-order chi connectivity index (χ1) is 10.2. The lowest BCUT2D eigenvalue weighted by molar-refractivity contribution is -0.0159. The molecule has 0 amide bonds. The summed E-state index contributed by atoms with van der Waals surface area (Å²) in [6.07, 6.45) is 8.06. The fourth-order valence-electron chi connectivity index (χ4n) is 3.43. The summed E-state index contributed by atoms with van der Waals surface area (Å²) in [5.41, 5.74) is 1.18. The van der Waals surface area contributed by atoms with Crippen molar-refractivity contribution in [3.8, 4) is 0 Å². The van der Waals surface area contributed by atoms with E-state index in [0.29, 0.717) is 18.1 Å². The smallest absolute Gasteiger partial charge is 0.0947 e. The van der Waals surface area contributed by atoms with Crippen LogP contribution in [0.4, 0.5) is 0 Å². The van der Waals surface area contributed by atoms with Gasteiger partial charge in [-0.2, -0.15) is 0 Å². The molecule has 0 spiro atoms. The van der Waals surface area contributed by atoms with Gasteiger partial charge in [-0.1, -0.05) is 19.3 Å². The Balaban J connectivity index is 2.06. The number of nitrogens with one attached hydrogen (secondary N) is 1. The van der Waals surface area contributed by atoms with Gasteiger partial charge in [0.05, 0.1) is 16.8 Å². The van der Waals surface area contributed by atoms with Crippen LogP contribution in [-0.4, -0.2) is 30.8 Å². The molecule has 0 bridgehead atoms. The predicted molar refractivity (Wildman–Crippen MR) is 90.1 cm³/mol. The van der Waals surface area contributed by atoms with E-state index in [1.165, 1.54) is 47.7 Å². The third kappa shape index (κ3) is 4.51. The lowest BCUT2D eigenvalue weighted by Gasteiger charge is -2.35. The van der Waals surface area contributed by atoms with Crippen molar-refractivity contribution in [2.45, 2.75) is 71.4 Å². The molecule has 0 aromatic carbocycles. The summed E-state index contributed by atoms with van der Waals surface area (Å²) >= 11 is 1.83. The largest absolute Gasteiger partial charge is 0.377 e. The van der Waals surface area contributed by atoms with Crippen LogP contribution in [0.15, 0.2) is 0 Å². The fraction of sp³-hybridized carbons (Fsp3) is 0.824. The second kappa shape index (κ2) is 8.25. The van der Waals surface area contributed by atoms with Crippen LogP contribution in [0.5, 0.6) is 0 Å². The monoisotopic (exact) mass is 310 g/mol. The molecule has 2 rings (SSSR count). The Morgan fingerprint density at radius 1 is 1.29 bits per heavy atom. The van der Waals surface area contributed by atoms with Gasteiger partial charge in [0.15, 0.2) is 0 Å². The topological polar surface area (TPSA) is 34.1 Å². The number of hydrogen-bond donors (Lipinski definition) is 1. The molecular formula is C17H30N2OS. The number of thiazole rings is 1. The minimum absolute atomic E-state index is 0.324. The molecule has 2 unspecified atom stereocenters. The SMILES string of the molecule is CCOC(C1CCCCC1)C(Cc1nc(C)c(C)s1)NC. The molecule has 1 aliphatic rings. The highest BCUT2D eigenvalue weighted by molar-refractivity contribution is 7.11. The maximum Gasteiger partial charge on any atom is 0.0947 e. The fourth-order valence-corrected chi connectivity index (χ4v) is 4.43. The maximum atomic E-state index is 6.16. The van der Waals surface area contributed by atoms with Crippen molar-refractivity contribution in [2.75, 3.05) is 13.7 Å². The molecule has 1 aromatic rings. The number of aromatic nitrogens is 1. The van der Waals surface area contributed by atoms with Crippen LogP contribution in [0.3, 0.4) is 0 Å². The number of likely N-dealkylation sites (N-methyl/N-ethyl adjacent to an activating group) is 1. The Morgan fingerprint density at radius 3 is 2.52 bits per heavy atom. The molecule has 0 saturated heterocycles. The Morgan fingerprint density at radius 2 is 2.00 bits per heavy atom. The van der Waals surface area contributed by atoms with E-state index in [1.807, 2.05) is 11.3 Å². The second-order valence-electron chi connectivity index (χ2n) is 6.17. The molecule has 21 heavy (non-hydrogen) atoms. The van der Waals surface area contributed by atoms with Crippen molar-refractivity contribution in [2.24, 2.45) is 5.92 Å². The van der Waals surface area contributed by atoms with Crippen LogP contribution in [0.25, 0.3) is 0 Å². The molecule has 120 valence electrons. The summed E-state index contributed by atoms with van der Waals surface area (Å²) in [6.45, 7) is 7.17. The van der Waals surface area contributed by atoms with E-state index in [9.17, 15) is 0 Å². The van der Waals surface area contributed by atoms with Crippen molar-refractivity contribution in [3.05, 3.63) is 15.6 Å². The zero-order valence-corrected chi connectivity index (χ0v) is 14.8. The molecule has 1 aliphatic carbocycles. The van der Waals surface area contributed by atoms with Crippen molar-refractivity contribution in [3.63, 3.8) is 0 Å². The lowest BCUT2D eigenvalue weighted by atomic mass is 9.82. The summed E-state index contributed by atoms with van der Waals surface area (Å²) in [6, 6.07) is 0.373. The standard InChI is InChI=1S/C17H30N2OS/c1-5-20-17(14-9-7-6-8-10-14)15(18-4)11-16-19-12(2)13(3)21-16/h14-15,17-18H,5-11H2,1-4H3. The second-order valence-corrected chi connectivity index (χ2v) is 7.45. The summed E-state index contributed by atoms with van der Waals surface area (Å²) in [4.78, 5) is 6.05. The molecule has 1 heterocycles. The Labute approximate surface area is 133 Å². The first kappa shape index (κ1) is 16.9. The van der Waals surface area contributed by atoms with Gasteiger partial charge < -0.3 is 10.1 Å². The third-order valence-electron chi connectivity index (χ3n) is 4.71. The van der Waals surface area contributed by atoms with Crippen LogP contribution < -0.4 is 5.32 Å². The van der Waals surface area contributed by atoms with Gasteiger partial charge >= 0.3 is 0 Å². The van der Waals surface area contributed by atoms with Crippen molar-refractivity contribution in [1.29, 1.82) is 0 Å². The number of rotatable bonds is 7. The number of nitrogens with zero attached hydrogens (tertiary/aromatic N) is 1. The van der Waals surface area contributed by atoms with Crippen LogP contribution in [0, 0.1) is 19.8 Å². The quantitative estimate of drug-likeness (QED) is 0.830. The molecule has 2 atom stereocenters. The van der Waals surface area contributed by atoms with Crippen LogP contribution in [0.1, 0.15) is 54.6 Å². The summed E-state index contributed by atoms with van der Waals surface area (Å²) in [5, 5.41) is 4.74. The van der Waals surface area contributed by atoms with E-state index in [-0.39, 0.29) is 0 Å². The molecule has 4 heteroatoms. The lowest BCUT2D eigenvalue weighted by Crippen LogP contribution is -2.46. The summed E-state index contributed by atoms with van der Waals surface area (Å²) in [7, 11) is 2.06. The van der Waals surface area contributed by atoms with E-state index in [1.54, 1.807) is 0 Å². The first-order valence-electron chi connectivity index (χ1n) is 8.37. The highest BCUT2D eigenvalue weighted by atomic mass is 32.1. The molecule has 3 nitrogen and oxygen atoms in total. The third-order valence-corrected chi connectivity index (χ3v) is 5.80. The van der Waals surface area contributed by atoms with Crippen LogP contribution in [0.2, 0.25) is 0 Å². The van der Waals surface area contributed by atoms with Gasteiger partial charge in [-0.05, 0) is 46.6 Å². The maximum absolute atomic E-state index is 6.16. The zero-order chi connectivity index (χ0) is 15.2. The molecule has 1 aromatic heterocycles. The Bertz CT molecular complexity index is 407. The van der Waals surface area contributed by atoms with Crippen molar-refractivity contribution < 1.29 is 4.74 Å². The molecular weight excluding hydrogens is 280 g/mol. The van der Waals surface area contributed by atoms with Crippen molar-refractivity contribution >= 4 is 11.3 Å². The van der Waals surface area contributed by atoms with Gasteiger partial charge in [0.2, 0.25) is 0 Å². The predicted octanol–water partition coefficient (Wildman–Crippen LogP) is 3.88. The Kier molecular flexibility index (Phi) is 6.65. The number of aryl methyl sites for hydroxylation is 2. The van der Waals surface area contributed by atoms with Gasteiger partial charge in [0.25, 0.3) is 0 Å². The summed E-state index contributed by atoms with van der Waals surface area (Å²) in [5.74, 6) is 0.707. The molecule has 0 aliphatic heterocycles. The van der Waals surface area contributed by atoms with Gasteiger partial charge in [-0.15, -0.1) is 11.3 Å². The van der Waals surface area contributed by atoms with Crippen LogP contribution >= 0.6 is 11.3 Å². The average Bonchev–Trinajstić information content (AvgIpc) is 2.82. The van der Waals surface area contributed by atoms with E-state index >= 15 is 0 Å². The summed E-state index contributed by atoms with van der Waals surface area (Å²) < 4.78 is 6.16. The van der Waals surface area contributed by atoms with Gasteiger partial charge in [-0.25, -0.2) is 4.98 Å². The van der Waals surface area contributed by atoms with Crippen molar-refractivity contribution in [1.82, 2.24) is 10.3 Å². The van der Waals surface area contributed by atoms with E-state index in [0.717, 1.165) is 13.0 Å². The molecule has 1 saturated carbocycles. The molecule has 0 radical (unpaired) electrons. The highest BCUT2D eigenvalue weighted by Gasteiger charge is 2.31. The first-order valence-corrected chi connectivity index (χ1v) is 9.19. The average molecular weight is 311 g/mol. The Hall–Kier alpha value is -0.450. The van der Waals surface area contributed by atoms with E-state index < -0.39 is 0 Å². The minimum Gasteiger partial charge on any atom is -0.377 e. The van der Waals surface area contributed by atoms with Crippen LogP contribution in [-0.2, 0) is 11.2 Å². The molecule has 1 fully saturated rings. The minimum atomic E-state index is 0.324. The molecule has 1 N–H and O–H groups in total. The van der Waals surface area contributed by atoms with Gasteiger partial charge in [0, 0.05) is 23.9 Å². The zero-order valence-electron chi connectivity index (χ0n) is 13.9. The highest BCUT2D eigenvalue weighted by Crippen LogP contribution is 2.31. The van der Waals surface area contributed by atoms with E-state index in [4.69, 9.17) is 9.72 Å². The van der Waals surface area contributed by atoms with E-state index in [2.05, 4.69) is 33.1 Å². The number of ether oxygens (including phenoxy) is 1. The normalized spacial score (nSPS) is 19.6. The number of hydrogen-bond acceptors (Lipinski definition) is 4. The van der Waals surface area contributed by atoms with Gasteiger partial charge in [0.1, 0.15) is 0 Å².